The third kappa shape index (κ3) is 4.45. The number of hydrogen-bond acceptors (Lipinski definition) is 0. The Bertz CT molecular complexity index is 37.7. The van der Waals surface area contributed by atoms with Crippen molar-refractivity contribution in [3.05, 3.63) is 6.42 Å². The van der Waals surface area contributed by atoms with Crippen molar-refractivity contribution in [1.29, 1.82) is 0 Å². The zero-order valence-electron chi connectivity index (χ0n) is 5.65. The smallest absolute Gasteiger partial charge is 0.0338 e. The molecule has 1 unspecified atom stereocenters. The van der Waals surface area contributed by atoms with Gasteiger partial charge in [-0.25, -0.2) is 0 Å². The van der Waals surface area contributed by atoms with Crippen molar-refractivity contribution in [2.75, 3.05) is 0 Å². The molecule has 0 nitrogen and oxygen atoms in total. The van der Waals surface area contributed by atoms with Gasteiger partial charge in [0, 0.05) is 5.38 Å². The van der Waals surface area contributed by atoms with Gasteiger partial charge in [-0.3, -0.25) is 0 Å². The molecule has 0 saturated carbocycles. The third-order valence-corrected chi connectivity index (χ3v) is 1.49. The van der Waals surface area contributed by atoms with Gasteiger partial charge in [0.05, 0.1) is 0 Å². The number of halogens is 1. The highest BCUT2D eigenvalue weighted by molar-refractivity contribution is 6.20. The lowest BCUT2D eigenvalue weighted by Crippen LogP contribution is -1.95. The molecule has 0 aromatic rings. The summed E-state index contributed by atoms with van der Waals surface area (Å²) < 4.78 is 0. The Morgan fingerprint density at radius 2 is 2.25 bits per heavy atom. The minimum atomic E-state index is 0.380. The molecule has 0 fully saturated rings. The summed E-state index contributed by atoms with van der Waals surface area (Å²) in [4.78, 5) is 0. The molecule has 0 aliphatic carbocycles. The van der Waals surface area contributed by atoms with Crippen LogP contribution in [0.1, 0.15) is 33.1 Å². The summed E-state index contributed by atoms with van der Waals surface area (Å²) in [6, 6.07) is 0. The first-order valence-electron chi connectivity index (χ1n) is 3.23. The van der Waals surface area contributed by atoms with Gasteiger partial charge in [0.2, 0.25) is 0 Å². The van der Waals surface area contributed by atoms with Gasteiger partial charge in [0.15, 0.2) is 0 Å². The molecular weight excluding hydrogens is 120 g/mol. The van der Waals surface area contributed by atoms with Gasteiger partial charge in [-0.15, -0.1) is 11.6 Å². The normalized spacial score (nSPS) is 10.5. The van der Waals surface area contributed by atoms with E-state index in [1.807, 2.05) is 6.92 Å². The third-order valence-electron chi connectivity index (χ3n) is 1.09. The maximum absolute atomic E-state index is 5.85. The Morgan fingerprint density at radius 1 is 1.62 bits per heavy atom. The quantitative estimate of drug-likeness (QED) is 0.518. The molecule has 1 atom stereocenters. The second-order valence-corrected chi connectivity index (χ2v) is 2.65. The summed E-state index contributed by atoms with van der Waals surface area (Å²) in [5.41, 5.74) is 0. The molecule has 8 heavy (non-hydrogen) atoms. The summed E-state index contributed by atoms with van der Waals surface area (Å²) in [5, 5.41) is 0.380. The molecule has 0 spiro atoms. The highest BCUT2D eigenvalue weighted by atomic mass is 35.5. The van der Waals surface area contributed by atoms with Crippen LogP contribution >= 0.6 is 11.6 Å². The van der Waals surface area contributed by atoms with Crippen LogP contribution in [-0.4, -0.2) is 5.38 Å². The predicted molar refractivity (Wildman–Crippen MR) is 39.1 cm³/mol. The van der Waals surface area contributed by atoms with E-state index in [9.17, 15) is 0 Å². The van der Waals surface area contributed by atoms with Crippen molar-refractivity contribution < 1.29 is 0 Å². The largest absolute Gasteiger partial charge is 0.123 e. The minimum absolute atomic E-state index is 0.380. The average molecular weight is 134 g/mol. The zero-order valence-corrected chi connectivity index (χ0v) is 6.41. The fourth-order valence-corrected chi connectivity index (χ4v) is 1.08. The van der Waals surface area contributed by atoms with Crippen molar-refractivity contribution in [1.82, 2.24) is 0 Å². The Hall–Kier alpha value is 0.290. The molecule has 1 heteroatoms. The van der Waals surface area contributed by atoms with E-state index in [-0.39, 0.29) is 0 Å². The second-order valence-electron chi connectivity index (χ2n) is 2.03. The molecule has 0 aliphatic rings. The molecule has 0 amide bonds. The van der Waals surface area contributed by atoms with Crippen LogP contribution in [0, 0.1) is 6.42 Å². The van der Waals surface area contributed by atoms with E-state index in [1.54, 1.807) is 0 Å². The molecule has 0 aliphatic heterocycles. The highest BCUT2D eigenvalue weighted by Gasteiger charge is 1.98. The maximum Gasteiger partial charge on any atom is 0.0338 e. The summed E-state index contributed by atoms with van der Waals surface area (Å²) in [6.07, 6.45) is 5.51. The van der Waals surface area contributed by atoms with Crippen LogP contribution in [0.3, 0.4) is 0 Å². The van der Waals surface area contributed by atoms with Crippen LogP contribution < -0.4 is 0 Å². The molecule has 1 radical (unpaired) electrons. The fraction of sp³-hybridized carbons (Fsp3) is 0.857. The minimum Gasteiger partial charge on any atom is -0.123 e. The first-order chi connectivity index (χ1) is 3.81. The van der Waals surface area contributed by atoms with Crippen molar-refractivity contribution in [2.24, 2.45) is 0 Å². The van der Waals surface area contributed by atoms with E-state index in [4.69, 9.17) is 11.6 Å². The van der Waals surface area contributed by atoms with Crippen molar-refractivity contribution >= 4 is 11.6 Å². The van der Waals surface area contributed by atoms with Crippen molar-refractivity contribution in [3.63, 3.8) is 0 Å². The fourth-order valence-electron chi connectivity index (χ4n) is 0.687. The van der Waals surface area contributed by atoms with Crippen LogP contribution in [0.2, 0.25) is 0 Å². The van der Waals surface area contributed by atoms with E-state index in [0.717, 1.165) is 12.8 Å². The molecule has 0 heterocycles. The van der Waals surface area contributed by atoms with E-state index < -0.39 is 0 Å². The number of rotatable bonds is 4. The lowest BCUT2D eigenvalue weighted by atomic mass is 10.2. The van der Waals surface area contributed by atoms with Gasteiger partial charge < -0.3 is 0 Å². The molecule has 0 rings (SSSR count). The van der Waals surface area contributed by atoms with Crippen LogP contribution in [0.5, 0.6) is 0 Å². The Kier molecular flexibility index (Phi) is 5.62. The lowest BCUT2D eigenvalue weighted by molar-refractivity contribution is 0.720. The molecular formula is C7H14Cl. The molecule has 0 saturated heterocycles. The summed E-state index contributed by atoms with van der Waals surface area (Å²) >= 11 is 5.85. The maximum atomic E-state index is 5.85. The zero-order chi connectivity index (χ0) is 6.41. The Labute approximate surface area is 57.2 Å². The number of alkyl halides is 1. The topological polar surface area (TPSA) is 0 Å². The number of hydrogen-bond donors (Lipinski definition) is 0. The summed E-state index contributed by atoms with van der Waals surface area (Å²) in [5.74, 6) is 0. The van der Waals surface area contributed by atoms with Crippen LogP contribution in [0.25, 0.3) is 0 Å². The standard InChI is InChI=1S/C7H14Cl/c1-3-5-7(8)6-4-2/h3,7H,4-6H2,1-2H3. The Balaban J connectivity index is 2.92. The van der Waals surface area contributed by atoms with Crippen LogP contribution in [0.15, 0.2) is 0 Å². The second kappa shape index (κ2) is 5.43. The van der Waals surface area contributed by atoms with Gasteiger partial charge in [-0.1, -0.05) is 20.3 Å². The molecule has 0 aromatic carbocycles. The molecule has 0 N–H and O–H groups in total. The van der Waals surface area contributed by atoms with Crippen LogP contribution in [0.4, 0.5) is 0 Å². The molecule has 0 bridgehead atoms. The predicted octanol–water partition coefficient (Wildman–Crippen LogP) is 3.01. The van der Waals surface area contributed by atoms with E-state index >= 15 is 0 Å². The van der Waals surface area contributed by atoms with E-state index in [1.165, 1.54) is 6.42 Å². The van der Waals surface area contributed by atoms with Gasteiger partial charge in [-0.2, -0.15) is 0 Å². The van der Waals surface area contributed by atoms with Crippen LogP contribution in [-0.2, 0) is 0 Å². The first-order valence-corrected chi connectivity index (χ1v) is 3.66. The van der Waals surface area contributed by atoms with Gasteiger partial charge in [0.1, 0.15) is 0 Å². The summed E-state index contributed by atoms with van der Waals surface area (Å²) in [6.45, 7) is 4.20. The van der Waals surface area contributed by atoms with Gasteiger partial charge in [-0.05, 0) is 19.3 Å². The monoisotopic (exact) mass is 133 g/mol. The van der Waals surface area contributed by atoms with E-state index in [0.29, 0.717) is 5.38 Å². The van der Waals surface area contributed by atoms with Crippen molar-refractivity contribution in [2.45, 2.75) is 38.5 Å². The van der Waals surface area contributed by atoms with Gasteiger partial charge in [0.25, 0.3) is 0 Å². The van der Waals surface area contributed by atoms with Gasteiger partial charge >= 0.3 is 0 Å². The first kappa shape index (κ1) is 8.29. The SMILES string of the molecule is C[CH]CC(Cl)CCC. The highest BCUT2D eigenvalue weighted by Crippen LogP contribution is 2.10. The van der Waals surface area contributed by atoms with Crippen molar-refractivity contribution in [3.8, 4) is 0 Å². The van der Waals surface area contributed by atoms with E-state index in [2.05, 4.69) is 13.3 Å². The molecule has 0 aromatic heterocycles. The lowest BCUT2D eigenvalue weighted by Gasteiger charge is -2.02. The summed E-state index contributed by atoms with van der Waals surface area (Å²) in [7, 11) is 0. The molecule has 49 valence electrons. The Morgan fingerprint density at radius 3 is 2.62 bits per heavy atom. The average Bonchev–Trinajstić information content (AvgIpc) is 1.68.